The Morgan fingerprint density at radius 3 is 2.81 bits per heavy atom. The molecule has 0 unspecified atom stereocenters. The second-order valence-corrected chi connectivity index (χ2v) is 9.03. The fourth-order valence-corrected chi connectivity index (χ4v) is 3.70. The van der Waals surface area contributed by atoms with Crippen LogP contribution in [0, 0.1) is 11.8 Å². The minimum atomic E-state index is -3.64. The van der Waals surface area contributed by atoms with Gasteiger partial charge in [-0.2, -0.15) is 0 Å². The van der Waals surface area contributed by atoms with Gasteiger partial charge in [0.2, 0.25) is 15.6 Å². The van der Waals surface area contributed by atoms with Crippen molar-refractivity contribution in [2.75, 3.05) is 24.6 Å². The molecule has 0 aliphatic carbocycles. The number of carbonyl (C=O) groups excluding carboxylic acids is 1. The summed E-state index contributed by atoms with van der Waals surface area (Å²) in [5.74, 6) is 5.04. The molecule has 0 bridgehead atoms. The van der Waals surface area contributed by atoms with Crippen LogP contribution in [0.3, 0.4) is 0 Å². The van der Waals surface area contributed by atoms with E-state index in [0.717, 1.165) is 6.26 Å². The van der Waals surface area contributed by atoms with Crippen molar-refractivity contribution in [2.24, 2.45) is 0 Å². The molecule has 3 aromatic rings. The van der Waals surface area contributed by atoms with Gasteiger partial charge in [0.1, 0.15) is 13.2 Å². The van der Waals surface area contributed by atoms with Crippen molar-refractivity contribution in [3.63, 3.8) is 0 Å². The number of aliphatic hydroxyl groups is 1. The Bertz CT molecular complexity index is 1420. The zero-order chi connectivity index (χ0) is 23.1. The maximum atomic E-state index is 12.1. The summed E-state index contributed by atoms with van der Waals surface area (Å²) in [4.78, 5) is 25.9. The fraction of sp³-hybridized carbons (Fsp3) is 0.238. The van der Waals surface area contributed by atoms with Gasteiger partial charge in [-0.25, -0.2) is 23.4 Å². The molecule has 1 aliphatic rings. The van der Waals surface area contributed by atoms with Gasteiger partial charge in [-0.1, -0.05) is 24.0 Å². The summed E-state index contributed by atoms with van der Waals surface area (Å²) < 4.78 is 33.3. The molecule has 9 nitrogen and oxygen atoms in total. The third kappa shape index (κ3) is 4.33. The zero-order valence-electron chi connectivity index (χ0n) is 17.7. The molecule has 31 heavy (non-hydrogen) atoms. The van der Waals surface area contributed by atoms with Gasteiger partial charge in [-0.05, 0) is 24.3 Å². The van der Waals surface area contributed by atoms with Crippen molar-refractivity contribution in [1.29, 1.82) is 0 Å². The molecule has 3 heterocycles. The summed E-state index contributed by atoms with van der Waals surface area (Å²) >= 11 is 0. The monoisotopic (exact) mass is 438 g/mol. The van der Waals surface area contributed by atoms with Gasteiger partial charge >= 0.3 is 0 Å². The molecule has 1 amide bonds. The third-order valence-corrected chi connectivity index (χ3v) is 5.36. The molecule has 1 atom stereocenters. The summed E-state index contributed by atoms with van der Waals surface area (Å²) in [6, 6.07) is 10.4. The van der Waals surface area contributed by atoms with Crippen molar-refractivity contribution in [3.05, 3.63) is 48.3 Å². The van der Waals surface area contributed by atoms with Crippen LogP contribution < -0.4 is 4.72 Å². The number of sulfonamides is 1. The maximum Gasteiger partial charge on any atom is 0.267 e. The molecule has 1 aromatic carbocycles. The molecule has 10 heteroatoms. The highest BCUT2D eigenvalue weighted by atomic mass is 32.2. The van der Waals surface area contributed by atoms with Crippen LogP contribution in [0.1, 0.15) is 13.4 Å². The SMILES string of the molecule is [2H]c1nc(NS(C)(=O)=O)c2nc(-c3cccc(C#C[C@]4(O)CCN(C)C4=O)c3)ccc2n1. The number of nitrogens with zero attached hydrogens (tertiary/aromatic N) is 4. The van der Waals surface area contributed by atoms with E-state index in [-0.39, 0.29) is 24.1 Å². The summed E-state index contributed by atoms with van der Waals surface area (Å²) in [7, 11) is -2.02. The number of amides is 1. The van der Waals surface area contributed by atoms with Crippen LogP contribution in [0.25, 0.3) is 22.3 Å². The number of likely N-dealkylation sites (N-methyl/N-ethyl adjacent to an activating group) is 1. The number of aromatic nitrogens is 3. The first-order valence-corrected chi connectivity index (χ1v) is 11.2. The Balaban J connectivity index is 1.73. The van der Waals surface area contributed by atoms with E-state index in [4.69, 9.17) is 1.37 Å². The number of benzene rings is 1. The van der Waals surface area contributed by atoms with Gasteiger partial charge < -0.3 is 10.0 Å². The number of rotatable bonds is 3. The first-order valence-electron chi connectivity index (χ1n) is 9.79. The van der Waals surface area contributed by atoms with E-state index in [1.54, 1.807) is 43.4 Å². The predicted molar refractivity (Wildman–Crippen MR) is 115 cm³/mol. The van der Waals surface area contributed by atoms with Crippen LogP contribution in [-0.2, 0) is 14.8 Å². The lowest BCUT2D eigenvalue weighted by Crippen LogP contribution is -2.37. The molecular weight excluding hydrogens is 418 g/mol. The lowest BCUT2D eigenvalue weighted by molar-refractivity contribution is -0.137. The zero-order valence-corrected chi connectivity index (χ0v) is 17.6. The van der Waals surface area contributed by atoms with Crippen LogP contribution in [0.15, 0.2) is 42.7 Å². The third-order valence-electron chi connectivity index (χ3n) is 4.79. The first kappa shape index (κ1) is 19.4. The van der Waals surface area contributed by atoms with Crippen molar-refractivity contribution >= 4 is 32.8 Å². The highest BCUT2D eigenvalue weighted by Crippen LogP contribution is 2.25. The number of carbonyl (C=O) groups is 1. The second-order valence-electron chi connectivity index (χ2n) is 7.28. The maximum absolute atomic E-state index is 12.1. The van der Waals surface area contributed by atoms with Gasteiger partial charge in [0, 0.05) is 31.1 Å². The quantitative estimate of drug-likeness (QED) is 0.585. The molecule has 158 valence electrons. The largest absolute Gasteiger partial charge is 0.369 e. The minimum Gasteiger partial charge on any atom is -0.369 e. The van der Waals surface area contributed by atoms with E-state index in [1.807, 2.05) is 0 Å². The molecule has 1 fully saturated rings. The second kappa shape index (κ2) is 7.61. The highest BCUT2D eigenvalue weighted by Gasteiger charge is 2.42. The van der Waals surface area contributed by atoms with Crippen LogP contribution in [-0.4, -0.2) is 64.7 Å². The van der Waals surface area contributed by atoms with Crippen molar-refractivity contribution in [1.82, 2.24) is 19.9 Å². The van der Waals surface area contributed by atoms with Crippen molar-refractivity contribution < 1.29 is 19.7 Å². The Hall–Kier alpha value is -3.55. The number of hydrogen-bond acceptors (Lipinski definition) is 7. The normalized spacial score (nSPS) is 19.1. The van der Waals surface area contributed by atoms with Gasteiger partial charge in [0.15, 0.2) is 5.82 Å². The number of pyridine rings is 1. The number of hydrogen-bond donors (Lipinski definition) is 2. The van der Waals surface area contributed by atoms with Crippen LogP contribution in [0.4, 0.5) is 5.82 Å². The summed E-state index contributed by atoms with van der Waals surface area (Å²) in [5, 5.41) is 10.5. The predicted octanol–water partition coefficient (Wildman–Crippen LogP) is 1.01. The Labute approximate surface area is 180 Å². The standard InChI is InChI=1S/C21H19N5O4S/c1-26-11-10-21(28,20(26)27)9-8-14-4-3-5-15(12-14)16-6-7-17-18(24-16)19(23-13-22-17)25-31(2,29)30/h3-7,12-13,28H,10-11H2,1-2H3,(H,22,23,25)/t21-/m0/s1/i13D. The lowest BCUT2D eigenvalue weighted by atomic mass is 10.0. The van der Waals surface area contributed by atoms with Gasteiger partial charge in [-0.3, -0.25) is 9.52 Å². The van der Waals surface area contributed by atoms with Crippen molar-refractivity contribution in [2.45, 2.75) is 12.0 Å². The average Bonchev–Trinajstić information content (AvgIpc) is 2.99. The highest BCUT2D eigenvalue weighted by molar-refractivity contribution is 7.92. The minimum absolute atomic E-state index is 0.0774. The number of nitrogens with one attached hydrogen (secondary N) is 1. The average molecular weight is 438 g/mol. The molecule has 2 aromatic heterocycles. The van der Waals surface area contributed by atoms with Crippen LogP contribution >= 0.6 is 0 Å². The smallest absolute Gasteiger partial charge is 0.267 e. The molecule has 0 radical (unpaired) electrons. The number of likely N-dealkylation sites (tertiary alicyclic amines) is 1. The molecule has 0 saturated carbocycles. The molecule has 4 rings (SSSR count). The Kier molecular flexibility index (Phi) is 4.77. The van der Waals surface area contributed by atoms with Crippen LogP contribution in [0.5, 0.6) is 0 Å². The van der Waals surface area contributed by atoms with E-state index < -0.39 is 21.5 Å². The molecule has 1 saturated heterocycles. The van der Waals surface area contributed by atoms with Crippen LogP contribution in [0.2, 0.25) is 0 Å². The Morgan fingerprint density at radius 2 is 2.10 bits per heavy atom. The first-order chi connectivity index (χ1) is 15.0. The van der Waals surface area contributed by atoms with E-state index >= 15 is 0 Å². The van der Waals surface area contributed by atoms with Gasteiger partial charge in [0.25, 0.3) is 5.91 Å². The lowest BCUT2D eigenvalue weighted by Gasteiger charge is -2.13. The van der Waals surface area contributed by atoms with Crippen molar-refractivity contribution in [3.8, 4) is 23.1 Å². The number of fused-ring (bicyclic) bond motifs is 1. The topological polar surface area (TPSA) is 125 Å². The summed E-state index contributed by atoms with van der Waals surface area (Å²) in [6.45, 7) is 0.441. The fourth-order valence-electron chi connectivity index (χ4n) is 3.21. The molecule has 0 spiro atoms. The Morgan fingerprint density at radius 1 is 1.29 bits per heavy atom. The van der Waals surface area contributed by atoms with Gasteiger partial charge in [-0.15, -0.1) is 0 Å². The molecule has 2 N–H and O–H groups in total. The summed E-state index contributed by atoms with van der Waals surface area (Å²) in [5.41, 5.74) is 0.600. The van der Waals surface area contributed by atoms with Gasteiger partial charge in [0.05, 0.1) is 17.5 Å². The number of anilines is 1. The molecular formula is C21H19N5O4S. The summed E-state index contributed by atoms with van der Waals surface area (Å²) in [6.07, 6.45) is 0.896. The van der Waals surface area contributed by atoms with E-state index in [2.05, 4.69) is 31.5 Å². The molecule has 1 aliphatic heterocycles. The van der Waals surface area contributed by atoms with E-state index in [0.29, 0.717) is 28.9 Å². The van der Waals surface area contributed by atoms with E-state index in [9.17, 15) is 18.3 Å². The van der Waals surface area contributed by atoms with E-state index in [1.165, 1.54) is 4.90 Å².